The Bertz CT molecular complexity index is 1190. The number of aromatic carboxylic acids is 1. The summed E-state index contributed by atoms with van der Waals surface area (Å²) in [5.74, 6) is 0.582. The van der Waals surface area contributed by atoms with Gasteiger partial charge in [0, 0.05) is 24.7 Å². The van der Waals surface area contributed by atoms with Crippen molar-refractivity contribution in [2.24, 2.45) is 0 Å². The zero-order chi connectivity index (χ0) is 24.7. The molecule has 0 spiro atoms. The summed E-state index contributed by atoms with van der Waals surface area (Å²) in [6.45, 7) is 2.63. The topological polar surface area (TPSA) is 162 Å². The maximum Gasteiger partial charge on any atom is 0.339 e. The molecule has 0 aliphatic rings. The minimum atomic E-state index is -1.13. The van der Waals surface area contributed by atoms with E-state index in [-0.39, 0.29) is 22.9 Å². The van der Waals surface area contributed by atoms with Crippen molar-refractivity contribution in [1.29, 1.82) is 0 Å². The molecule has 3 N–H and O–H groups in total. The number of hydrogen-bond acceptors (Lipinski definition) is 10. The summed E-state index contributed by atoms with van der Waals surface area (Å²) < 4.78 is 10.6. The first kappa shape index (κ1) is 24.2. The molecule has 1 aromatic carbocycles. The van der Waals surface area contributed by atoms with Crippen molar-refractivity contribution in [2.75, 3.05) is 37.9 Å². The first-order chi connectivity index (χ1) is 16.4. The summed E-state index contributed by atoms with van der Waals surface area (Å²) in [5, 5.41) is 26.7. The Morgan fingerprint density at radius 1 is 1.09 bits per heavy atom. The highest BCUT2D eigenvalue weighted by Gasteiger charge is 2.22. The number of hydrogen-bond donors (Lipinski definition) is 3. The molecule has 0 atom stereocenters. The van der Waals surface area contributed by atoms with Gasteiger partial charge in [-0.25, -0.2) is 19.7 Å². The number of nitrogens with zero attached hydrogens (tertiary/aromatic N) is 4. The highest BCUT2D eigenvalue weighted by molar-refractivity contribution is 5.96. The summed E-state index contributed by atoms with van der Waals surface area (Å²) in [6, 6.07) is 7.93. The van der Waals surface area contributed by atoms with Crippen molar-refractivity contribution in [3.05, 3.63) is 57.9 Å². The van der Waals surface area contributed by atoms with Gasteiger partial charge >= 0.3 is 5.97 Å². The Morgan fingerprint density at radius 2 is 1.82 bits per heavy atom. The van der Waals surface area contributed by atoms with Gasteiger partial charge in [0.05, 0.1) is 30.5 Å². The molecule has 0 saturated heterocycles. The highest BCUT2D eigenvalue weighted by Crippen LogP contribution is 2.34. The Labute approximate surface area is 195 Å². The van der Waals surface area contributed by atoms with Crippen LogP contribution in [-0.4, -0.2) is 58.3 Å². The highest BCUT2D eigenvalue weighted by atomic mass is 16.6. The third kappa shape index (κ3) is 5.46. The first-order valence-electron chi connectivity index (χ1n) is 10.3. The van der Waals surface area contributed by atoms with Crippen LogP contribution >= 0.6 is 0 Å². The molecule has 0 fully saturated rings. The molecule has 2 heterocycles. The Kier molecular flexibility index (Phi) is 7.75. The van der Waals surface area contributed by atoms with E-state index >= 15 is 0 Å². The number of pyridine rings is 1. The quantitative estimate of drug-likeness (QED) is 0.215. The second-order valence-corrected chi connectivity index (χ2v) is 6.96. The van der Waals surface area contributed by atoms with Crippen LogP contribution in [0, 0.1) is 10.1 Å². The zero-order valence-electron chi connectivity index (χ0n) is 18.9. The normalized spacial score (nSPS) is 10.4. The molecular formula is C22H24N6O6. The lowest BCUT2D eigenvalue weighted by Crippen LogP contribution is -2.18. The summed E-state index contributed by atoms with van der Waals surface area (Å²) in [6.07, 6.45) is 1.57. The van der Waals surface area contributed by atoms with Crippen LogP contribution in [0.5, 0.6) is 11.5 Å². The van der Waals surface area contributed by atoms with E-state index in [9.17, 15) is 20.0 Å². The zero-order valence-corrected chi connectivity index (χ0v) is 18.9. The number of aryl methyl sites for hydroxylation is 1. The average molecular weight is 468 g/mol. The number of ether oxygens (including phenoxy) is 2. The summed E-state index contributed by atoms with van der Waals surface area (Å²) >= 11 is 0. The molecule has 0 aliphatic carbocycles. The van der Waals surface area contributed by atoms with Crippen molar-refractivity contribution < 1.29 is 24.3 Å². The fraction of sp³-hybridized carbons (Fsp3) is 0.273. The van der Waals surface area contributed by atoms with Crippen LogP contribution in [0.1, 0.15) is 23.0 Å². The molecule has 0 saturated carbocycles. The number of carbonyl (C=O) groups is 1. The van der Waals surface area contributed by atoms with Gasteiger partial charge in [-0.15, -0.1) is 0 Å². The fourth-order valence-electron chi connectivity index (χ4n) is 3.22. The van der Waals surface area contributed by atoms with Crippen LogP contribution in [0.15, 0.2) is 36.5 Å². The molecule has 12 nitrogen and oxygen atoms in total. The number of methoxy groups -OCH3 is 2. The van der Waals surface area contributed by atoms with E-state index in [1.165, 1.54) is 32.5 Å². The third-order valence-electron chi connectivity index (χ3n) is 4.86. The van der Waals surface area contributed by atoms with E-state index < -0.39 is 10.9 Å². The Hall–Kier alpha value is -4.48. The Balaban J connectivity index is 1.82. The SMILES string of the molecule is CCc1nc(NCCNc2ccc([N+](=O)[O-])cn2)nc(-c2ccc(OC)c(OC)c2)c1C(=O)O. The predicted octanol–water partition coefficient (Wildman–Crippen LogP) is 3.25. The van der Waals surface area contributed by atoms with Gasteiger partial charge in [0.25, 0.3) is 5.69 Å². The standard InChI is InChI=1S/C22H24N6O6/c1-4-15-19(21(29)30)20(13-5-7-16(33-2)17(11-13)34-3)27-22(26-15)24-10-9-23-18-8-6-14(12-25-18)28(31)32/h5-8,11-12H,4,9-10H2,1-3H3,(H,23,25)(H,29,30)(H,24,26,27). The largest absolute Gasteiger partial charge is 0.493 e. The number of nitro groups is 1. The molecule has 0 aliphatic heterocycles. The van der Waals surface area contributed by atoms with Crippen LogP contribution in [0.2, 0.25) is 0 Å². The van der Waals surface area contributed by atoms with Crippen molar-refractivity contribution in [3.63, 3.8) is 0 Å². The lowest BCUT2D eigenvalue weighted by atomic mass is 10.0. The van der Waals surface area contributed by atoms with Crippen molar-refractivity contribution in [2.45, 2.75) is 13.3 Å². The lowest BCUT2D eigenvalue weighted by molar-refractivity contribution is -0.385. The second kappa shape index (κ2) is 10.9. The van der Waals surface area contributed by atoms with Gasteiger partial charge in [-0.2, -0.15) is 0 Å². The molecule has 0 amide bonds. The summed E-state index contributed by atoms with van der Waals surface area (Å²) in [5.41, 5.74) is 1.12. The molecule has 0 bridgehead atoms. The van der Waals surface area contributed by atoms with Crippen LogP contribution in [0.4, 0.5) is 17.5 Å². The Morgan fingerprint density at radius 3 is 2.41 bits per heavy atom. The summed E-state index contributed by atoms with van der Waals surface area (Å²) in [7, 11) is 3.01. The monoisotopic (exact) mass is 468 g/mol. The van der Waals surface area contributed by atoms with Crippen LogP contribution < -0.4 is 20.1 Å². The number of nitrogens with one attached hydrogen (secondary N) is 2. The molecule has 2 aromatic heterocycles. The third-order valence-corrected chi connectivity index (χ3v) is 4.86. The molecule has 178 valence electrons. The van der Waals surface area contributed by atoms with Gasteiger partial charge in [-0.1, -0.05) is 6.92 Å². The fourth-order valence-corrected chi connectivity index (χ4v) is 3.22. The number of benzene rings is 1. The number of carboxylic acids is 1. The van der Waals surface area contributed by atoms with E-state index in [0.717, 1.165) is 0 Å². The van der Waals surface area contributed by atoms with Crippen molar-refractivity contribution >= 4 is 23.4 Å². The van der Waals surface area contributed by atoms with E-state index in [1.54, 1.807) is 18.2 Å². The molecular weight excluding hydrogens is 444 g/mol. The number of carboxylic acid groups (broad SMARTS) is 1. The van der Waals surface area contributed by atoms with E-state index in [2.05, 4.69) is 25.6 Å². The van der Waals surface area contributed by atoms with Crippen LogP contribution in [-0.2, 0) is 6.42 Å². The molecule has 3 aromatic rings. The number of aromatic nitrogens is 3. The molecule has 34 heavy (non-hydrogen) atoms. The number of anilines is 2. The molecule has 0 radical (unpaired) electrons. The summed E-state index contributed by atoms with van der Waals surface area (Å²) in [4.78, 5) is 35.1. The van der Waals surface area contributed by atoms with Gasteiger partial charge < -0.3 is 25.2 Å². The molecule has 3 rings (SSSR count). The predicted molar refractivity (Wildman–Crippen MR) is 125 cm³/mol. The van der Waals surface area contributed by atoms with Gasteiger partial charge in [-0.3, -0.25) is 10.1 Å². The van der Waals surface area contributed by atoms with Crippen LogP contribution in [0.3, 0.4) is 0 Å². The smallest absolute Gasteiger partial charge is 0.339 e. The number of rotatable bonds is 11. The van der Waals surface area contributed by atoms with Gasteiger partial charge in [0.15, 0.2) is 11.5 Å². The minimum Gasteiger partial charge on any atom is -0.493 e. The maximum absolute atomic E-state index is 12.0. The van der Waals surface area contributed by atoms with Crippen molar-refractivity contribution in [3.8, 4) is 22.8 Å². The van der Waals surface area contributed by atoms with E-state index in [4.69, 9.17) is 9.47 Å². The van der Waals surface area contributed by atoms with E-state index in [0.29, 0.717) is 48.1 Å². The van der Waals surface area contributed by atoms with Gasteiger partial charge in [-0.05, 0) is 30.7 Å². The van der Waals surface area contributed by atoms with Gasteiger partial charge in [0.2, 0.25) is 5.95 Å². The first-order valence-corrected chi connectivity index (χ1v) is 10.3. The average Bonchev–Trinajstić information content (AvgIpc) is 2.85. The van der Waals surface area contributed by atoms with Crippen LogP contribution in [0.25, 0.3) is 11.3 Å². The van der Waals surface area contributed by atoms with Gasteiger partial charge in [0.1, 0.15) is 17.6 Å². The lowest BCUT2D eigenvalue weighted by Gasteiger charge is -2.15. The van der Waals surface area contributed by atoms with Crippen molar-refractivity contribution in [1.82, 2.24) is 15.0 Å². The maximum atomic E-state index is 12.0. The molecule has 0 unspecified atom stereocenters. The second-order valence-electron chi connectivity index (χ2n) is 6.96. The minimum absolute atomic E-state index is 0.0217. The van der Waals surface area contributed by atoms with E-state index in [1.807, 2.05) is 6.92 Å². The molecule has 12 heteroatoms.